The second-order valence-corrected chi connectivity index (χ2v) is 6.88. The van der Waals surface area contributed by atoms with Gasteiger partial charge < -0.3 is 10.1 Å². The van der Waals surface area contributed by atoms with Crippen LogP contribution in [0.2, 0.25) is 0 Å². The number of fused-ring (bicyclic) bond motifs is 2. The third-order valence-electron chi connectivity index (χ3n) is 5.28. The molecule has 1 unspecified atom stereocenters. The Hall–Kier alpha value is -2.10. The molecule has 25 heavy (non-hydrogen) atoms. The molecule has 3 nitrogen and oxygen atoms in total. The summed E-state index contributed by atoms with van der Waals surface area (Å²) in [5.41, 5.74) is 6.98. The van der Waals surface area contributed by atoms with E-state index < -0.39 is 0 Å². The summed E-state index contributed by atoms with van der Waals surface area (Å²) in [4.78, 5) is 2.58. The molecule has 0 saturated heterocycles. The molecule has 0 fully saturated rings. The minimum atomic E-state index is 0.350. The van der Waals surface area contributed by atoms with Gasteiger partial charge in [0.2, 0.25) is 0 Å². The van der Waals surface area contributed by atoms with Gasteiger partial charge in [0.15, 0.2) is 0 Å². The molecule has 2 heterocycles. The number of ether oxygens (including phenoxy) is 1. The van der Waals surface area contributed by atoms with Crippen molar-refractivity contribution in [2.75, 3.05) is 31.6 Å². The molecule has 130 valence electrons. The molecule has 3 heteroatoms. The highest BCUT2D eigenvalue weighted by Gasteiger charge is 2.28. The lowest BCUT2D eigenvalue weighted by Crippen LogP contribution is -2.39. The maximum Gasteiger partial charge on any atom is 0.0663 e. The highest BCUT2D eigenvalue weighted by atomic mass is 16.5. The topological polar surface area (TPSA) is 24.5 Å². The summed E-state index contributed by atoms with van der Waals surface area (Å²) in [6.45, 7) is 5.69. The molecule has 2 aromatic carbocycles. The number of benzene rings is 2. The number of anilines is 1. The highest BCUT2D eigenvalue weighted by Crippen LogP contribution is 2.32. The number of hydrogen-bond acceptors (Lipinski definition) is 3. The molecular formula is C22H26N2O. The number of rotatable bonds is 5. The van der Waals surface area contributed by atoms with Gasteiger partial charge in [0.05, 0.1) is 12.6 Å². The zero-order valence-electron chi connectivity index (χ0n) is 14.9. The van der Waals surface area contributed by atoms with Crippen molar-refractivity contribution < 1.29 is 4.74 Å². The first-order valence-corrected chi connectivity index (χ1v) is 9.27. The van der Waals surface area contributed by atoms with Gasteiger partial charge in [-0.2, -0.15) is 0 Å². The summed E-state index contributed by atoms with van der Waals surface area (Å²) in [6.07, 6.45) is 4.35. The van der Waals surface area contributed by atoms with Crippen LogP contribution in [-0.4, -0.2) is 31.2 Å². The smallest absolute Gasteiger partial charge is 0.0663 e. The lowest BCUT2D eigenvalue weighted by Gasteiger charge is -2.38. The van der Waals surface area contributed by atoms with Gasteiger partial charge in [-0.3, -0.25) is 4.90 Å². The zero-order chi connectivity index (χ0) is 17.1. The molecule has 0 amide bonds. The summed E-state index contributed by atoms with van der Waals surface area (Å²) in [5, 5.41) is 3.46. The molecule has 0 aliphatic carbocycles. The van der Waals surface area contributed by atoms with Crippen LogP contribution in [0.5, 0.6) is 0 Å². The molecule has 0 aromatic heterocycles. The van der Waals surface area contributed by atoms with Crippen LogP contribution < -0.4 is 5.32 Å². The monoisotopic (exact) mass is 334 g/mol. The van der Waals surface area contributed by atoms with E-state index in [0.717, 1.165) is 39.1 Å². The Morgan fingerprint density at radius 3 is 2.76 bits per heavy atom. The summed E-state index contributed by atoms with van der Waals surface area (Å²) in [5.74, 6) is 0. The van der Waals surface area contributed by atoms with Crippen LogP contribution in [0.1, 0.15) is 29.7 Å². The Bertz CT molecular complexity index is 768. The molecule has 2 aromatic rings. The molecular weight excluding hydrogens is 308 g/mol. The van der Waals surface area contributed by atoms with Gasteiger partial charge in [-0.05, 0) is 48.1 Å². The molecule has 2 aliphatic heterocycles. The van der Waals surface area contributed by atoms with E-state index in [1.165, 1.54) is 28.0 Å². The van der Waals surface area contributed by atoms with Crippen LogP contribution in [-0.2, 0) is 17.6 Å². The number of nitrogens with one attached hydrogen (secondary N) is 1. The van der Waals surface area contributed by atoms with Crippen LogP contribution in [0, 0.1) is 0 Å². The molecule has 0 bridgehead atoms. The SMILES string of the molecule is CCOCC1c2ccccc2CCN1CC1=CNc2ccccc2C1. The quantitative estimate of drug-likeness (QED) is 0.888. The predicted molar refractivity (Wildman–Crippen MR) is 103 cm³/mol. The van der Waals surface area contributed by atoms with E-state index in [-0.39, 0.29) is 0 Å². The average molecular weight is 334 g/mol. The Kier molecular flexibility index (Phi) is 4.86. The fraction of sp³-hybridized carbons (Fsp3) is 0.364. The van der Waals surface area contributed by atoms with E-state index in [4.69, 9.17) is 4.74 Å². The third kappa shape index (κ3) is 3.48. The Balaban J connectivity index is 1.52. The lowest BCUT2D eigenvalue weighted by molar-refractivity contribution is 0.0641. The van der Waals surface area contributed by atoms with Gasteiger partial charge in [0, 0.05) is 31.6 Å². The van der Waals surface area contributed by atoms with Crippen LogP contribution in [0.4, 0.5) is 5.69 Å². The van der Waals surface area contributed by atoms with Crippen molar-refractivity contribution in [2.45, 2.75) is 25.8 Å². The first kappa shape index (κ1) is 16.4. The van der Waals surface area contributed by atoms with E-state index in [2.05, 4.69) is 71.9 Å². The third-order valence-corrected chi connectivity index (χ3v) is 5.28. The lowest BCUT2D eigenvalue weighted by atomic mass is 9.91. The predicted octanol–water partition coefficient (Wildman–Crippen LogP) is 4.17. The molecule has 2 aliphatic rings. The van der Waals surface area contributed by atoms with E-state index in [1.807, 2.05) is 0 Å². The molecule has 0 radical (unpaired) electrons. The van der Waals surface area contributed by atoms with Gasteiger partial charge in [0.25, 0.3) is 0 Å². The van der Waals surface area contributed by atoms with Gasteiger partial charge >= 0.3 is 0 Å². The highest BCUT2D eigenvalue weighted by molar-refractivity contribution is 5.57. The van der Waals surface area contributed by atoms with Crippen molar-refractivity contribution >= 4 is 5.69 Å². The molecule has 1 N–H and O–H groups in total. The van der Waals surface area contributed by atoms with Crippen LogP contribution in [0.25, 0.3) is 0 Å². The summed E-state index contributed by atoms with van der Waals surface area (Å²) in [6, 6.07) is 17.8. The van der Waals surface area contributed by atoms with Crippen molar-refractivity contribution in [3.05, 3.63) is 77.0 Å². The maximum atomic E-state index is 5.83. The van der Waals surface area contributed by atoms with E-state index >= 15 is 0 Å². The zero-order valence-corrected chi connectivity index (χ0v) is 14.9. The Morgan fingerprint density at radius 1 is 1.08 bits per heavy atom. The molecule has 0 spiro atoms. The summed E-state index contributed by atoms with van der Waals surface area (Å²) >= 11 is 0. The number of nitrogens with zero attached hydrogens (tertiary/aromatic N) is 1. The van der Waals surface area contributed by atoms with Crippen molar-refractivity contribution in [2.24, 2.45) is 0 Å². The van der Waals surface area contributed by atoms with Gasteiger partial charge in [-0.25, -0.2) is 0 Å². The van der Waals surface area contributed by atoms with E-state index in [0.29, 0.717) is 6.04 Å². The molecule has 4 rings (SSSR count). The fourth-order valence-corrected chi connectivity index (χ4v) is 3.97. The van der Waals surface area contributed by atoms with Crippen molar-refractivity contribution in [1.29, 1.82) is 0 Å². The molecule has 0 saturated carbocycles. The standard InChI is InChI=1S/C22H26N2O/c1-2-25-16-22-20-9-5-3-7-18(20)11-12-24(22)15-17-13-19-8-4-6-10-21(19)23-14-17/h3-10,14,22-23H,2,11-13,15-16H2,1H3. The number of hydrogen-bond donors (Lipinski definition) is 1. The summed E-state index contributed by atoms with van der Waals surface area (Å²) < 4.78 is 5.83. The summed E-state index contributed by atoms with van der Waals surface area (Å²) in [7, 11) is 0. The Labute approximate surface area is 150 Å². The largest absolute Gasteiger partial charge is 0.380 e. The van der Waals surface area contributed by atoms with Gasteiger partial charge in [-0.1, -0.05) is 42.5 Å². The van der Waals surface area contributed by atoms with Crippen molar-refractivity contribution in [3.8, 4) is 0 Å². The van der Waals surface area contributed by atoms with E-state index in [9.17, 15) is 0 Å². The van der Waals surface area contributed by atoms with Gasteiger partial charge in [-0.15, -0.1) is 0 Å². The first-order chi connectivity index (χ1) is 12.3. The van der Waals surface area contributed by atoms with Crippen molar-refractivity contribution in [3.63, 3.8) is 0 Å². The fourth-order valence-electron chi connectivity index (χ4n) is 3.97. The van der Waals surface area contributed by atoms with Crippen LogP contribution in [0.15, 0.2) is 60.3 Å². The average Bonchev–Trinajstić information content (AvgIpc) is 2.67. The Morgan fingerprint density at radius 2 is 1.88 bits per heavy atom. The second-order valence-electron chi connectivity index (χ2n) is 6.88. The van der Waals surface area contributed by atoms with Crippen LogP contribution in [0.3, 0.4) is 0 Å². The first-order valence-electron chi connectivity index (χ1n) is 9.27. The van der Waals surface area contributed by atoms with E-state index in [1.54, 1.807) is 0 Å². The second kappa shape index (κ2) is 7.42. The normalized spacial score (nSPS) is 19.6. The van der Waals surface area contributed by atoms with Crippen LogP contribution >= 0.6 is 0 Å². The minimum Gasteiger partial charge on any atom is -0.380 e. The molecule has 1 atom stereocenters. The van der Waals surface area contributed by atoms with Crippen molar-refractivity contribution in [1.82, 2.24) is 4.90 Å². The number of para-hydroxylation sites is 1. The van der Waals surface area contributed by atoms with Gasteiger partial charge in [0.1, 0.15) is 0 Å². The minimum absolute atomic E-state index is 0.350. The maximum absolute atomic E-state index is 5.83.